The summed E-state index contributed by atoms with van der Waals surface area (Å²) in [5.41, 5.74) is 0.986. The van der Waals surface area contributed by atoms with E-state index < -0.39 is 0 Å². The number of hydrogen-bond acceptors (Lipinski definition) is 3. The van der Waals surface area contributed by atoms with Crippen LogP contribution in [0.5, 0.6) is 0 Å². The molecule has 0 N–H and O–H groups in total. The van der Waals surface area contributed by atoms with Crippen molar-refractivity contribution in [2.45, 2.75) is 44.1 Å². The number of carbonyl (C=O) groups excluding carboxylic acids is 1. The first-order valence-corrected chi connectivity index (χ1v) is 9.87. The molecule has 4 rings (SSSR count). The molecule has 1 aliphatic heterocycles. The first-order chi connectivity index (χ1) is 10.7. The first kappa shape index (κ1) is 14.7. The third-order valence-electron chi connectivity index (χ3n) is 4.98. The second-order valence-electron chi connectivity index (χ2n) is 6.24. The molecular formula is C17H18ClNOS2. The summed E-state index contributed by atoms with van der Waals surface area (Å²) in [6.07, 6.45) is 5.26. The monoisotopic (exact) mass is 351 g/mol. The van der Waals surface area contributed by atoms with Gasteiger partial charge in [-0.2, -0.15) is 0 Å². The highest BCUT2D eigenvalue weighted by molar-refractivity contribution is 7.16. The lowest BCUT2D eigenvalue weighted by Crippen LogP contribution is -2.46. The van der Waals surface area contributed by atoms with Crippen LogP contribution >= 0.6 is 34.3 Å². The largest absolute Gasteiger partial charge is 0.337 e. The Morgan fingerprint density at radius 3 is 2.86 bits per heavy atom. The Morgan fingerprint density at radius 2 is 2.14 bits per heavy atom. The second-order valence-corrected chi connectivity index (χ2v) is 8.96. The number of carbonyl (C=O) groups is 1. The van der Waals surface area contributed by atoms with Gasteiger partial charge in [-0.25, -0.2) is 0 Å². The average molecular weight is 352 g/mol. The van der Waals surface area contributed by atoms with Crippen LogP contribution in [0.3, 0.4) is 0 Å². The predicted molar refractivity (Wildman–Crippen MR) is 92.9 cm³/mol. The molecule has 0 unspecified atom stereocenters. The minimum atomic E-state index is -0.258. The Balaban J connectivity index is 1.63. The predicted octanol–water partition coefficient (Wildman–Crippen LogP) is 4.86. The van der Waals surface area contributed by atoms with Crippen molar-refractivity contribution in [3.63, 3.8) is 0 Å². The van der Waals surface area contributed by atoms with E-state index in [1.165, 1.54) is 15.3 Å². The van der Waals surface area contributed by atoms with E-state index >= 15 is 0 Å². The average Bonchev–Trinajstić information content (AvgIpc) is 3.25. The molecule has 2 aromatic heterocycles. The van der Waals surface area contributed by atoms with E-state index in [0.29, 0.717) is 5.91 Å². The zero-order chi connectivity index (χ0) is 15.2. The van der Waals surface area contributed by atoms with Gasteiger partial charge in [0.05, 0.1) is 9.75 Å². The normalized spacial score (nSPS) is 20.1. The summed E-state index contributed by atoms with van der Waals surface area (Å²) in [5.74, 6) is 0.334. The Labute approximate surface area is 143 Å². The van der Waals surface area contributed by atoms with Crippen molar-refractivity contribution in [3.05, 3.63) is 43.2 Å². The zero-order valence-electron chi connectivity index (χ0n) is 12.3. The third-order valence-corrected chi connectivity index (χ3v) is 7.42. The molecule has 116 valence electrons. The van der Waals surface area contributed by atoms with E-state index in [1.54, 1.807) is 22.7 Å². The maximum atomic E-state index is 13.3. The van der Waals surface area contributed by atoms with Gasteiger partial charge in [0.15, 0.2) is 0 Å². The molecule has 3 heterocycles. The summed E-state index contributed by atoms with van der Waals surface area (Å²) in [4.78, 5) is 18.0. The van der Waals surface area contributed by atoms with Gasteiger partial charge in [0, 0.05) is 22.8 Å². The first-order valence-electron chi connectivity index (χ1n) is 7.79. The Bertz CT molecular complexity index is 686. The Kier molecular flexibility index (Phi) is 3.79. The van der Waals surface area contributed by atoms with Gasteiger partial charge >= 0.3 is 0 Å². The van der Waals surface area contributed by atoms with Gasteiger partial charge in [-0.15, -0.1) is 22.7 Å². The van der Waals surface area contributed by atoms with Crippen LogP contribution in [0.2, 0.25) is 4.34 Å². The van der Waals surface area contributed by atoms with Crippen molar-refractivity contribution in [2.24, 2.45) is 0 Å². The van der Waals surface area contributed by atoms with E-state index in [2.05, 4.69) is 22.4 Å². The summed E-state index contributed by atoms with van der Waals surface area (Å²) in [7, 11) is 0. The molecule has 1 aliphatic carbocycles. The minimum absolute atomic E-state index is 0.258. The topological polar surface area (TPSA) is 20.3 Å². The second kappa shape index (κ2) is 5.66. The number of thiophene rings is 2. The van der Waals surface area contributed by atoms with Crippen LogP contribution < -0.4 is 0 Å². The molecule has 1 saturated carbocycles. The smallest absolute Gasteiger partial charge is 0.234 e. The standard InChI is InChI=1S/C17H18ClNOS2/c18-15-10-12-11-19(8-5-13(12)22-15)16(20)17(6-1-2-7-17)14-4-3-9-21-14/h3-4,9-10H,1-2,5-8,11H2. The summed E-state index contributed by atoms with van der Waals surface area (Å²) in [5, 5.41) is 2.09. The molecule has 2 aliphatic rings. The number of amides is 1. The van der Waals surface area contributed by atoms with Crippen molar-refractivity contribution in [1.29, 1.82) is 0 Å². The highest BCUT2D eigenvalue weighted by Gasteiger charge is 2.46. The molecule has 2 nitrogen and oxygen atoms in total. The van der Waals surface area contributed by atoms with Crippen LogP contribution in [0.1, 0.15) is 41.0 Å². The minimum Gasteiger partial charge on any atom is -0.337 e. The Hall–Kier alpha value is -0.840. The summed E-state index contributed by atoms with van der Waals surface area (Å²) in [6.45, 7) is 1.56. The molecule has 0 saturated heterocycles. The van der Waals surface area contributed by atoms with Gasteiger partial charge in [0.25, 0.3) is 0 Å². The number of fused-ring (bicyclic) bond motifs is 1. The molecule has 0 aromatic carbocycles. The quantitative estimate of drug-likeness (QED) is 0.756. The van der Waals surface area contributed by atoms with Crippen LogP contribution in [0.4, 0.5) is 0 Å². The molecule has 0 atom stereocenters. The highest BCUT2D eigenvalue weighted by atomic mass is 35.5. The van der Waals surface area contributed by atoms with Crippen LogP contribution in [0, 0.1) is 0 Å². The maximum Gasteiger partial charge on any atom is 0.234 e. The summed E-state index contributed by atoms with van der Waals surface area (Å²) in [6, 6.07) is 6.25. The van der Waals surface area contributed by atoms with E-state index in [-0.39, 0.29) is 5.41 Å². The SMILES string of the molecule is O=C(N1CCc2sc(Cl)cc2C1)C1(c2cccs2)CCCC1. The molecule has 0 spiro atoms. The highest BCUT2D eigenvalue weighted by Crippen LogP contribution is 2.45. The van der Waals surface area contributed by atoms with Crippen LogP contribution in [0.25, 0.3) is 0 Å². The van der Waals surface area contributed by atoms with Gasteiger partial charge in [-0.05, 0) is 42.3 Å². The lowest BCUT2D eigenvalue weighted by atomic mass is 9.82. The van der Waals surface area contributed by atoms with E-state index in [0.717, 1.165) is 49.5 Å². The van der Waals surface area contributed by atoms with Gasteiger partial charge in [-0.1, -0.05) is 30.5 Å². The van der Waals surface area contributed by atoms with Gasteiger partial charge in [-0.3, -0.25) is 4.79 Å². The number of rotatable bonds is 2. The summed E-state index contributed by atoms with van der Waals surface area (Å²) >= 11 is 9.53. The molecule has 2 aromatic rings. The van der Waals surface area contributed by atoms with Crippen molar-refractivity contribution < 1.29 is 4.79 Å². The van der Waals surface area contributed by atoms with Crippen LogP contribution in [-0.4, -0.2) is 17.4 Å². The van der Waals surface area contributed by atoms with Crippen molar-refractivity contribution >= 4 is 40.2 Å². The molecular weight excluding hydrogens is 334 g/mol. The van der Waals surface area contributed by atoms with Crippen LogP contribution in [0.15, 0.2) is 23.6 Å². The van der Waals surface area contributed by atoms with Gasteiger partial charge in [0.2, 0.25) is 5.91 Å². The molecule has 0 radical (unpaired) electrons. The number of hydrogen-bond donors (Lipinski definition) is 0. The molecule has 5 heteroatoms. The molecule has 1 fully saturated rings. The number of nitrogens with zero attached hydrogens (tertiary/aromatic N) is 1. The molecule has 22 heavy (non-hydrogen) atoms. The van der Waals surface area contributed by atoms with Gasteiger partial charge in [0.1, 0.15) is 0 Å². The van der Waals surface area contributed by atoms with E-state index in [9.17, 15) is 4.79 Å². The molecule has 1 amide bonds. The fourth-order valence-electron chi connectivity index (χ4n) is 3.87. The summed E-state index contributed by atoms with van der Waals surface area (Å²) < 4.78 is 0.841. The third kappa shape index (κ3) is 2.32. The van der Waals surface area contributed by atoms with Crippen molar-refractivity contribution in [2.75, 3.05) is 6.54 Å². The number of halogens is 1. The zero-order valence-corrected chi connectivity index (χ0v) is 14.7. The molecule has 0 bridgehead atoms. The van der Waals surface area contributed by atoms with Crippen LogP contribution in [-0.2, 0) is 23.2 Å². The Morgan fingerprint density at radius 1 is 1.32 bits per heavy atom. The van der Waals surface area contributed by atoms with Crippen molar-refractivity contribution in [1.82, 2.24) is 4.90 Å². The maximum absolute atomic E-state index is 13.3. The fraction of sp³-hybridized carbons (Fsp3) is 0.471. The van der Waals surface area contributed by atoms with E-state index in [4.69, 9.17) is 11.6 Å². The lowest BCUT2D eigenvalue weighted by Gasteiger charge is -2.36. The van der Waals surface area contributed by atoms with E-state index in [1.807, 2.05) is 6.07 Å². The lowest BCUT2D eigenvalue weighted by molar-refractivity contribution is -0.138. The van der Waals surface area contributed by atoms with Crippen molar-refractivity contribution in [3.8, 4) is 0 Å². The fourth-order valence-corrected chi connectivity index (χ4v) is 6.14. The van der Waals surface area contributed by atoms with Gasteiger partial charge < -0.3 is 4.90 Å².